The number of amides is 1. The summed E-state index contributed by atoms with van der Waals surface area (Å²) in [6.45, 7) is 1.90. The van der Waals surface area contributed by atoms with Crippen molar-refractivity contribution in [2.45, 2.75) is 13.5 Å². The summed E-state index contributed by atoms with van der Waals surface area (Å²) in [4.78, 5) is 33.8. The molecule has 1 aromatic carbocycles. The molecule has 21 heavy (non-hydrogen) atoms. The van der Waals surface area contributed by atoms with Gasteiger partial charge < -0.3 is 0 Å². The molecule has 0 N–H and O–H groups in total. The van der Waals surface area contributed by atoms with Crippen LogP contribution in [0.3, 0.4) is 0 Å². The number of aryl methyl sites for hydroxylation is 1. The fourth-order valence-corrected chi connectivity index (χ4v) is 2.83. The second-order valence-electron chi connectivity index (χ2n) is 4.63. The first-order valence-electron chi connectivity index (χ1n) is 6.11. The fraction of sp³-hybridized carbons (Fsp3) is 0.143. The zero-order chi connectivity index (χ0) is 15.1. The average molecular weight is 367 g/mol. The molecule has 5 nitrogen and oxygen atoms in total. The quantitative estimate of drug-likeness (QED) is 0.605. The molecule has 0 atom stereocenters. The van der Waals surface area contributed by atoms with Gasteiger partial charge in [-0.25, -0.2) is 9.97 Å². The molecule has 2 aromatic rings. The van der Waals surface area contributed by atoms with E-state index in [0.717, 1.165) is 4.47 Å². The molecule has 0 saturated carbocycles. The normalized spacial score (nSPS) is 13.8. The smallest absolute Gasteiger partial charge is 0.297 e. The minimum absolute atomic E-state index is 0.107. The van der Waals surface area contributed by atoms with Gasteiger partial charge in [-0.05, 0) is 31.2 Å². The lowest BCUT2D eigenvalue weighted by Crippen LogP contribution is -2.30. The Morgan fingerprint density at radius 2 is 2.00 bits per heavy atom. The lowest BCUT2D eigenvalue weighted by Gasteiger charge is -2.16. The van der Waals surface area contributed by atoms with Gasteiger partial charge in [0.05, 0.1) is 17.8 Å². The van der Waals surface area contributed by atoms with Gasteiger partial charge in [-0.1, -0.05) is 27.5 Å². The average Bonchev–Trinajstić information content (AvgIpc) is 2.62. The Labute approximate surface area is 134 Å². The van der Waals surface area contributed by atoms with Crippen molar-refractivity contribution in [3.63, 3.8) is 0 Å². The number of Topliss-reactive ketones (excluding diaryl/α,β-unsaturated/α-hetero) is 1. The number of benzene rings is 1. The van der Waals surface area contributed by atoms with Crippen LogP contribution in [-0.2, 0) is 11.3 Å². The number of hydrogen-bond acceptors (Lipinski definition) is 4. The predicted octanol–water partition coefficient (Wildman–Crippen LogP) is 2.93. The second kappa shape index (κ2) is 5.20. The number of nitrogens with zero attached hydrogens (tertiary/aromatic N) is 3. The summed E-state index contributed by atoms with van der Waals surface area (Å²) in [6, 6.07) is 6.72. The number of carbonyl (C=O) groups is 2. The largest absolute Gasteiger partial charge is 0.299 e. The minimum Gasteiger partial charge on any atom is -0.297 e. The monoisotopic (exact) mass is 365 g/mol. The molecule has 2 heterocycles. The number of ketones is 1. The number of carbonyl (C=O) groups excluding carboxylic acids is 2. The van der Waals surface area contributed by atoms with Crippen molar-refractivity contribution < 1.29 is 9.59 Å². The van der Waals surface area contributed by atoms with E-state index in [4.69, 9.17) is 11.6 Å². The van der Waals surface area contributed by atoms with Crippen LogP contribution in [0, 0.1) is 6.92 Å². The van der Waals surface area contributed by atoms with Crippen LogP contribution in [0.5, 0.6) is 0 Å². The third-order valence-electron chi connectivity index (χ3n) is 3.10. The molecule has 0 unspecified atom stereocenters. The van der Waals surface area contributed by atoms with Gasteiger partial charge in [0.1, 0.15) is 11.0 Å². The number of anilines is 1. The number of hydrogen-bond donors (Lipinski definition) is 0. The topological polar surface area (TPSA) is 63.2 Å². The maximum Gasteiger partial charge on any atom is 0.299 e. The second-order valence-corrected chi connectivity index (χ2v) is 5.93. The van der Waals surface area contributed by atoms with Crippen LogP contribution in [0.4, 0.5) is 5.69 Å². The summed E-state index contributed by atoms with van der Waals surface area (Å²) in [7, 11) is 0. The Bertz CT molecular complexity index is 759. The Balaban J connectivity index is 2.01. The van der Waals surface area contributed by atoms with Crippen LogP contribution in [0.1, 0.15) is 21.9 Å². The molecule has 0 saturated heterocycles. The lowest BCUT2D eigenvalue weighted by molar-refractivity contribution is -0.114. The van der Waals surface area contributed by atoms with Crippen LogP contribution in [0.15, 0.2) is 28.7 Å². The van der Waals surface area contributed by atoms with Crippen LogP contribution in [-0.4, -0.2) is 21.7 Å². The van der Waals surface area contributed by atoms with E-state index < -0.39 is 11.7 Å². The first-order valence-corrected chi connectivity index (χ1v) is 7.28. The van der Waals surface area contributed by atoms with E-state index in [9.17, 15) is 9.59 Å². The highest BCUT2D eigenvalue weighted by atomic mass is 79.9. The van der Waals surface area contributed by atoms with Crippen molar-refractivity contribution in [2.75, 3.05) is 4.90 Å². The van der Waals surface area contributed by atoms with Crippen molar-refractivity contribution in [3.05, 3.63) is 51.0 Å². The number of aromatic nitrogens is 2. The van der Waals surface area contributed by atoms with Crippen molar-refractivity contribution >= 4 is 44.9 Å². The molecule has 1 aliphatic heterocycles. The van der Waals surface area contributed by atoms with Gasteiger partial charge in [-0.3, -0.25) is 14.5 Å². The van der Waals surface area contributed by atoms with E-state index in [-0.39, 0.29) is 6.54 Å². The van der Waals surface area contributed by atoms with Gasteiger partial charge in [-0.15, -0.1) is 0 Å². The summed E-state index contributed by atoms with van der Waals surface area (Å²) in [6.07, 6.45) is 0. The molecule has 0 spiro atoms. The highest BCUT2D eigenvalue weighted by molar-refractivity contribution is 9.10. The molecular formula is C14H9BrClN3O2. The van der Waals surface area contributed by atoms with Crippen molar-refractivity contribution in [3.8, 4) is 0 Å². The summed E-state index contributed by atoms with van der Waals surface area (Å²) >= 11 is 9.24. The number of halogens is 2. The van der Waals surface area contributed by atoms with E-state index in [0.29, 0.717) is 27.9 Å². The summed E-state index contributed by atoms with van der Waals surface area (Å²) in [5.41, 5.74) is 1.65. The van der Waals surface area contributed by atoms with Gasteiger partial charge in [0.2, 0.25) is 0 Å². The first-order chi connectivity index (χ1) is 9.95. The highest BCUT2D eigenvalue weighted by Gasteiger charge is 2.36. The molecule has 7 heteroatoms. The highest BCUT2D eigenvalue weighted by Crippen LogP contribution is 2.32. The first kappa shape index (κ1) is 14.2. The van der Waals surface area contributed by atoms with Crippen molar-refractivity contribution in [1.29, 1.82) is 0 Å². The lowest BCUT2D eigenvalue weighted by atomic mass is 10.1. The molecular weight excluding hydrogens is 358 g/mol. The Morgan fingerprint density at radius 1 is 1.24 bits per heavy atom. The van der Waals surface area contributed by atoms with Crippen LogP contribution in [0.2, 0.25) is 5.15 Å². The van der Waals surface area contributed by atoms with E-state index >= 15 is 0 Å². The van der Waals surface area contributed by atoms with Gasteiger partial charge in [0, 0.05) is 10.2 Å². The molecule has 3 rings (SSSR count). The third kappa shape index (κ3) is 2.56. The van der Waals surface area contributed by atoms with E-state index in [2.05, 4.69) is 25.9 Å². The van der Waals surface area contributed by atoms with Crippen molar-refractivity contribution in [1.82, 2.24) is 9.97 Å². The van der Waals surface area contributed by atoms with Gasteiger partial charge in [0.15, 0.2) is 0 Å². The van der Waals surface area contributed by atoms with E-state index in [1.807, 2.05) is 0 Å². The third-order valence-corrected chi connectivity index (χ3v) is 3.79. The summed E-state index contributed by atoms with van der Waals surface area (Å²) < 4.78 is 0.789. The Hall–Kier alpha value is -1.79. The predicted molar refractivity (Wildman–Crippen MR) is 81.4 cm³/mol. The van der Waals surface area contributed by atoms with Crippen molar-refractivity contribution in [2.24, 2.45) is 0 Å². The Kier molecular flexibility index (Phi) is 3.51. The number of fused-ring (bicyclic) bond motifs is 1. The zero-order valence-corrected chi connectivity index (χ0v) is 13.3. The summed E-state index contributed by atoms with van der Waals surface area (Å²) in [5.74, 6) is -0.699. The Morgan fingerprint density at radius 3 is 2.71 bits per heavy atom. The van der Waals surface area contributed by atoms with Crippen LogP contribution >= 0.6 is 27.5 Å². The van der Waals surface area contributed by atoms with Gasteiger partial charge >= 0.3 is 0 Å². The maximum atomic E-state index is 12.1. The van der Waals surface area contributed by atoms with E-state index in [1.54, 1.807) is 31.2 Å². The SMILES string of the molecule is Cc1cc(Cl)nc(CN2C(=O)C(=O)c3ccc(Br)cc32)n1. The molecule has 0 fully saturated rings. The van der Waals surface area contributed by atoms with Crippen LogP contribution in [0.25, 0.3) is 0 Å². The fourth-order valence-electron chi connectivity index (χ4n) is 2.23. The molecule has 1 aromatic heterocycles. The molecule has 1 aliphatic rings. The molecule has 1 amide bonds. The molecule has 0 radical (unpaired) electrons. The van der Waals surface area contributed by atoms with Gasteiger partial charge in [-0.2, -0.15) is 0 Å². The minimum atomic E-state index is -0.579. The zero-order valence-electron chi connectivity index (χ0n) is 10.9. The maximum absolute atomic E-state index is 12.1. The molecule has 0 aliphatic carbocycles. The molecule has 0 bridgehead atoms. The van der Waals surface area contributed by atoms with Crippen LogP contribution < -0.4 is 4.90 Å². The van der Waals surface area contributed by atoms with E-state index in [1.165, 1.54) is 4.90 Å². The molecule has 106 valence electrons. The summed E-state index contributed by atoms with van der Waals surface area (Å²) in [5, 5.41) is 0.310. The number of rotatable bonds is 2. The standard InChI is InChI=1S/C14H9BrClN3O2/c1-7-4-11(16)18-12(17-7)6-19-10-5-8(15)2-3-9(10)13(20)14(19)21/h2-5H,6H2,1H3. The van der Waals surface area contributed by atoms with Gasteiger partial charge in [0.25, 0.3) is 11.7 Å².